The Morgan fingerprint density at radius 1 is 1.06 bits per heavy atom. The summed E-state index contributed by atoms with van der Waals surface area (Å²) < 4.78 is 1.17. The van der Waals surface area contributed by atoms with Crippen LogP contribution in [0.4, 0.5) is 5.69 Å². The Hall–Kier alpha value is -1.28. The zero-order valence-corrected chi connectivity index (χ0v) is 11.3. The fourth-order valence-corrected chi connectivity index (χ4v) is 2.54. The molecule has 0 bridgehead atoms. The van der Waals surface area contributed by atoms with Gasteiger partial charge in [0.05, 0.1) is 0 Å². The van der Waals surface area contributed by atoms with E-state index in [1.54, 1.807) is 0 Å². The van der Waals surface area contributed by atoms with Crippen molar-refractivity contribution in [3.63, 3.8) is 0 Å². The van der Waals surface area contributed by atoms with E-state index in [-0.39, 0.29) is 0 Å². The molecule has 1 aliphatic heterocycles. The highest BCUT2D eigenvalue weighted by atomic mass is 79.9. The largest absolute Gasteiger partial charge is 0.384 e. The van der Waals surface area contributed by atoms with Gasteiger partial charge in [-0.15, -0.1) is 0 Å². The van der Waals surface area contributed by atoms with Crippen molar-refractivity contribution in [2.45, 2.75) is 13.3 Å². The minimum Gasteiger partial charge on any atom is -0.384 e. The third kappa shape index (κ3) is 1.98. The van der Waals surface area contributed by atoms with E-state index < -0.39 is 0 Å². The second kappa shape index (κ2) is 4.19. The lowest BCUT2D eigenvalue weighted by Crippen LogP contribution is -1.91. The molecular formula is C15H14BrN. The highest BCUT2D eigenvalue weighted by Crippen LogP contribution is 2.30. The van der Waals surface area contributed by atoms with Crippen molar-refractivity contribution in [3.8, 4) is 11.1 Å². The molecule has 17 heavy (non-hydrogen) atoms. The summed E-state index contributed by atoms with van der Waals surface area (Å²) in [5.41, 5.74) is 6.57. The van der Waals surface area contributed by atoms with E-state index in [1.165, 1.54) is 32.4 Å². The Kier molecular flexibility index (Phi) is 2.67. The Labute approximate surface area is 110 Å². The van der Waals surface area contributed by atoms with Crippen molar-refractivity contribution in [1.82, 2.24) is 0 Å². The first-order valence-electron chi connectivity index (χ1n) is 5.87. The Morgan fingerprint density at radius 3 is 2.65 bits per heavy atom. The summed E-state index contributed by atoms with van der Waals surface area (Å²) in [5.74, 6) is 0. The number of rotatable bonds is 1. The van der Waals surface area contributed by atoms with Crippen LogP contribution in [0.15, 0.2) is 40.9 Å². The quantitative estimate of drug-likeness (QED) is 0.820. The highest BCUT2D eigenvalue weighted by Gasteiger charge is 2.10. The smallest absolute Gasteiger partial charge is 0.0379 e. The van der Waals surface area contributed by atoms with Crippen LogP contribution >= 0.6 is 15.9 Å². The van der Waals surface area contributed by atoms with Crippen LogP contribution in [0.1, 0.15) is 11.1 Å². The van der Waals surface area contributed by atoms with Crippen LogP contribution in [-0.2, 0) is 6.42 Å². The molecule has 0 saturated heterocycles. The fraction of sp³-hybridized carbons (Fsp3) is 0.200. The van der Waals surface area contributed by atoms with Gasteiger partial charge in [0.15, 0.2) is 0 Å². The molecule has 3 rings (SSSR count). The van der Waals surface area contributed by atoms with E-state index in [0.717, 1.165) is 13.0 Å². The van der Waals surface area contributed by atoms with Crippen molar-refractivity contribution in [2.24, 2.45) is 0 Å². The summed E-state index contributed by atoms with van der Waals surface area (Å²) >= 11 is 3.54. The van der Waals surface area contributed by atoms with Crippen molar-refractivity contribution in [2.75, 3.05) is 11.9 Å². The first-order valence-corrected chi connectivity index (χ1v) is 6.67. The van der Waals surface area contributed by atoms with Gasteiger partial charge in [-0.2, -0.15) is 0 Å². The molecule has 2 aromatic rings. The minimum atomic E-state index is 1.07. The van der Waals surface area contributed by atoms with Crippen molar-refractivity contribution in [3.05, 3.63) is 52.0 Å². The number of aryl methyl sites for hydroxylation is 1. The van der Waals surface area contributed by atoms with E-state index in [0.29, 0.717) is 0 Å². The maximum atomic E-state index is 3.54. The van der Waals surface area contributed by atoms with Gasteiger partial charge in [-0.25, -0.2) is 0 Å². The molecule has 0 atom stereocenters. The molecule has 1 aliphatic rings. The second-order valence-corrected chi connectivity index (χ2v) is 5.37. The standard InChI is InChI=1S/C15H14BrN/c1-10-8-12(4-5-14(10)16)13-3-2-11-6-7-17-15(11)9-13/h2-5,8-9,17H,6-7H2,1H3. The van der Waals surface area contributed by atoms with E-state index in [2.05, 4.69) is 64.6 Å². The number of halogens is 1. The average molecular weight is 288 g/mol. The summed E-state index contributed by atoms with van der Waals surface area (Å²) in [4.78, 5) is 0. The van der Waals surface area contributed by atoms with Crippen LogP contribution in [0, 0.1) is 6.92 Å². The van der Waals surface area contributed by atoms with Crippen LogP contribution < -0.4 is 5.32 Å². The number of hydrogen-bond donors (Lipinski definition) is 1. The van der Waals surface area contributed by atoms with Gasteiger partial charge in [0.25, 0.3) is 0 Å². The zero-order valence-electron chi connectivity index (χ0n) is 9.76. The molecule has 0 saturated carbocycles. The van der Waals surface area contributed by atoms with Gasteiger partial charge in [0.2, 0.25) is 0 Å². The van der Waals surface area contributed by atoms with Crippen LogP contribution in [0.5, 0.6) is 0 Å². The van der Waals surface area contributed by atoms with Gasteiger partial charge < -0.3 is 5.32 Å². The first kappa shape index (κ1) is 10.8. The first-order chi connectivity index (χ1) is 8.24. The third-order valence-electron chi connectivity index (χ3n) is 3.31. The molecule has 0 unspecified atom stereocenters. The molecular weight excluding hydrogens is 274 g/mol. The van der Waals surface area contributed by atoms with E-state index in [1.807, 2.05) is 0 Å². The maximum Gasteiger partial charge on any atom is 0.0379 e. The number of nitrogens with one attached hydrogen (secondary N) is 1. The fourth-order valence-electron chi connectivity index (χ4n) is 2.29. The molecule has 0 amide bonds. The maximum absolute atomic E-state index is 3.54. The molecule has 1 N–H and O–H groups in total. The van der Waals surface area contributed by atoms with Crippen molar-refractivity contribution in [1.29, 1.82) is 0 Å². The molecule has 2 aromatic carbocycles. The molecule has 0 aromatic heterocycles. The number of fused-ring (bicyclic) bond motifs is 1. The molecule has 1 nitrogen and oxygen atoms in total. The molecule has 0 aliphatic carbocycles. The van der Waals surface area contributed by atoms with Crippen LogP contribution in [0.25, 0.3) is 11.1 Å². The Bertz CT molecular complexity index is 575. The lowest BCUT2D eigenvalue weighted by Gasteiger charge is -2.07. The molecule has 0 fully saturated rings. The summed E-state index contributed by atoms with van der Waals surface area (Å²) in [5, 5.41) is 3.43. The van der Waals surface area contributed by atoms with Crippen LogP contribution in [-0.4, -0.2) is 6.54 Å². The Balaban J connectivity index is 2.06. The van der Waals surface area contributed by atoms with E-state index in [4.69, 9.17) is 0 Å². The summed E-state index contributed by atoms with van der Waals surface area (Å²) in [7, 11) is 0. The summed E-state index contributed by atoms with van der Waals surface area (Å²) in [6, 6.07) is 13.2. The number of anilines is 1. The summed E-state index contributed by atoms with van der Waals surface area (Å²) in [6.07, 6.45) is 1.15. The molecule has 0 radical (unpaired) electrons. The minimum absolute atomic E-state index is 1.07. The second-order valence-electron chi connectivity index (χ2n) is 4.51. The van der Waals surface area contributed by atoms with E-state index in [9.17, 15) is 0 Å². The lowest BCUT2D eigenvalue weighted by molar-refractivity contribution is 1.11. The highest BCUT2D eigenvalue weighted by molar-refractivity contribution is 9.10. The lowest BCUT2D eigenvalue weighted by atomic mass is 10.0. The average Bonchev–Trinajstić information content (AvgIpc) is 2.79. The zero-order chi connectivity index (χ0) is 11.8. The predicted molar refractivity (Wildman–Crippen MR) is 76.5 cm³/mol. The van der Waals surface area contributed by atoms with Crippen molar-refractivity contribution < 1.29 is 0 Å². The van der Waals surface area contributed by atoms with Gasteiger partial charge in [-0.05, 0) is 47.7 Å². The van der Waals surface area contributed by atoms with Crippen molar-refractivity contribution >= 4 is 21.6 Å². The monoisotopic (exact) mass is 287 g/mol. The summed E-state index contributed by atoms with van der Waals surface area (Å²) in [6.45, 7) is 3.19. The Morgan fingerprint density at radius 2 is 1.82 bits per heavy atom. The number of hydrogen-bond acceptors (Lipinski definition) is 1. The van der Waals surface area contributed by atoms with Crippen LogP contribution in [0.3, 0.4) is 0 Å². The van der Waals surface area contributed by atoms with Gasteiger partial charge in [0.1, 0.15) is 0 Å². The van der Waals surface area contributed by atoms with Gasteiger partial charge in [-0.3, -0.25) is 0 Å². The molecule has 1 heterocycles. The molecule has 86 valence electrons. The van der Waals surface area contributed by atoms with E-state index >= 15 is 0 Å². The number of benzene rings is 2. The van der Waals surface area contributed by atoms with Gasteiger partial charge in [-0.1, -0.05) is 40.2 Å². The SMILES string of the molecule is Cc1cc(-c2ccc3c(c2)NCC3)ccc1Br. The van der Waals surface area contributed by atoms with Crippen LogP contribution in [0.2, 0.25) is 0 Å². The predicted octanol–water partition coefficient (Wildman–Crippen LogP) is 4.39. The van der Waals surface area contributed by atoms with Gasteiger partial charge >= 0.3 is 0 Å². The molecule has 2 heteroatoms. The normalized spacial score (nSPS) is 13.3. The van der Waals surface area contributed by atoms with Gasteiger partial charge in [0, 0.05) is 16.7 Å². The topological polar surface area (TPSA) is 12.0 Å². The molecule has 0 spiro atoms. The third-order valence-corrected chi connectivity index (χ3v) is 4.20.